The second-order valence-corrected chi connectivity index (χ2v) is 5.28. The average molecular weight is 248 g/mol. The molecular formula is C17H16N2. The van der Waals surface area contributed by atoms with Crippen LogP contribution in [0.2, 0.25) is 0 Å². The fraction of sp³-hybridized carbons (Fsp3) is 0.235. The van der Waals surface area contributed by atoms with Gasteiger partial charge in [-0.3, -0.25) is 0 Å². The van der Waals surface area contributed by atoms with Crippen molar-refractivity contribution in [2.45, 2.75) is 25.2 Å². The smallest absolute Gasteiger partial charge is 0.114 e. The number of aryl methyl sites for hydroxylation is 1. The number of benzene rings is 2. The molecule has 0 fully saturated rings. The summed E-state index contributed by atoms with van der Waals surface area (Å²) in [6, 6.07) is 17.1. The summed E-state index contributed by atoms with van der Waals surface area (Å²) in [7, 11) is 0. The highest BCUT2D eigenvalue weighted by Crippen LogP contribution is 2.35. The van der Waals surface area contributed by atoms with Crippen molar-refractivity contribution in [3.8, 4) is 0 Å². The van der Waals surface area contributed by atoms with Crippen LogP contribution in [0.3, 0.4) is 0 Å². The summed E-state index contributed by atoms with van der Waals surface area (Å²) < 4.78 is 0. The molecule has 1 N–H and O–H groups in total. The van der Waals surface area contributed by atoms with Crippen LogP contribution >= 0.6 is 0 Å². The number of aromatic amines is 1. The van der Waals surface area contributed by atoms with Crippen molar-refractivity contribution in [2.75, 3.05) is 0 Å². The minimum absolute atomic E-state index is 0.428. The van der Waals surface area contributed by atoms with Gasteiger partial charge < -0.3 is 4.98 Å². The molecule has 94 valence electrons. The van der Waals surface area contributed by atoms with E-state index in [4.69, 9.17) is 4.98 Å². The lowest BCUT2D eigenvalue weighted by Gasteiger charge is -2.23. The minimum atomic E-state index is 0.428. The van der Waals surface area contributed by atoms with Crippen molar-refractivity contribution in [1.82, 2.24) is 9.97 Å². The summed E-state index contributed by atoms with van der Waals surface area (Å²) in [6.45, 7) is 0. The Kier molecular flexibility index (Phi) is 2.41. The molecule has 1 aliphatic rings. The molecule has 2 aromatic carbocycles. The molecule has 1 aromatic heterocycles. The van der Waals surface area contributed by atoms with Gasteiger partial charge in [-0.05, 0) is 42.5 Å². The number of hydrogen-bond donors (Lipinski definition) is 1. The predicted molar refractivity (Wildman–Crippen MR) is 77.3 cm³/mol. The minimum Gasteiger partial charge on any atom is -0.341 e. The number of rotatable bonds is 1. The Morgan fingerprint density at radius 1 is 1.00 bits per heavy atom. The van der Waals surface area contributed by atoms with Crippen LogP contribution in [0.25, 0.3) is 11.0 Å². The van der Waals surface area contributed by atoms with Crippen LogP contribution in [0.4, 0.5) is 0 Å². The van der Waals surface area contributed by atoms with Crippen molar-refractivity contribution in [1.29, 1.82) is 0 Å². The molecule has 0 spiro atoms. The predicted octanol–water partition coefficient (Wildman–Crippen LogP) is 4.03. The molecule has 4 rings (SSSR count). The first kappa shape index (κ1) is 10.8. The second kappa shape index (κ2) is 4.23. The maximum atomic E-state index is 4.78. The van der Waals surface area contributed by atoms with Crippen LogP contribution in [0, 0.1) is 0 Å². The van der Waals surface area contributed by atoms with E-state index in [1.165, 1.54) is 30.4 Å². The number of nitrogens with zero attached hydrogens (tertiary/aromatic N) is 1. The number of H-pyrrole nitrogens is 1. The molecule has 1 atom stereocenters. The summed E-state index contributed by atoms with van der Waals surface area (Å²) in [6.07, 6.45) is 3.64. The molecular weight excluding hydrogens is 232 g/mol. The van der Waals surface area contributed by atoms with Gasteiger partial charge in [0.1, 0.15) is 5.82 Å². The normalized spacial score (nSPS) is 18.4. The third-order valence-corrected chi connectivity index (χ3v) is 4.11. The lowest BCUT2D eigenvalue weighted by Crippen LogP contribution is -2.12. The van der Waals surface area contributed by atoms with E-state index in [9.17, 15) is 0 Å². The van der Waals surface area contributed by atoms with Crippen LogP contribution in [-0.4, -0.2) is 9.97 Å². The maximum absolute atomic E-state index is 4.78. The SMILES string of the molecule is c1ccc2c(c1)CCCC2c1nc2ccccc2[nH]1. The highest BCUT2D eigenvalue weighted by Gasteiger charge is 2.23. The Morgan fingerprint density at radius 2 is 1.84 bits per heavy atom. The summed E-state index contributed by atoms with van der Waals surface area (Å²) in [5, 5.41) is 0. The van der Waals surface area contributed by atoms with E-state index in [-0.39, 0.29) is 0 Å². The molecule has 0 saturated heterocycles. The number of nitrogens with one attached hydrogen (secondary N) is 1. The van der Waals surface area contributed by atoms with E-state index >= 15 is 0 Å². The second-order valence-electron chi connectivity index (χ2n) is 5.28. The van der Waals surface area contributed by atoms with Crippen LogP contribution in [0.15, 0.2) is 48.5 Å². The fourth-order valence-corrected chi connectivity index (χ4v) is 3.18. The van der Waals surface area contributed by atoms with E-state index in [0.29, 0.717) is 5.92 Å². The lowest BCUT2D eigenvalue weighted by atomic mass is 9.82. The Bertz CT molecular complexity index is 694. The molecule has 0 radical (unpaired) electrons. The molecule has 0 aliphatic heterocycles. The molecule has 1 heterocycles. The Hall–Kier alpha value is -2.09. The van der Waals surface area contributed by atoms with Gasteiger partial charge in [0.25, 0.3) is 0 Å². The summed E-state index contributed by atoms with van der Waals surface area (Å²) in [5.41, 5.74) is 5.15. The van der Waals surface area contributed by atoms with Gasteiger partial charge in [0, 0.05) is 5.92 Å². The van der Waals surface area contributed by atoms with E-state index in [0.717, 1.165) is 16.9 Å². The number of hydrogen-bond acceptors (Lipinski definition) is 1. The highest BCUT2D eigenvalue weighted by atomic mass is 14.9. The summed E-state index contributed by atoms with van der Waals surface area (Å²) in [5.74, 6) is 1.55. The highest BCUT2D eigenvalue weighted by molar-refractivity contribution is 5.75. The standard InChI is InChI=1S/C17H16N2/c1-2-8-13-12(6-1)7-5-9-14(13)17-18-15-10-3-4-11-16(15)19-17/h1-4,6,8,10-11,14H,5,7,9H2,(H,18,19). The van der Waals surface area contributed by atoms with Crippen molar-refractivity contribution >= 4 is 11.0 Å². The number of aromatic nitrogens is 2. The van der Waals surface area contributed by atoms with Gasteiger partial charge in [0.2, 0.25) is 0 Å². The van der Waals surface area contributed by atoms with E-state index in [1.54, 1.807) is 0 Å². The number of imidazole rings is 1. The van der Waals surface area contributed by atoms with Crippen molar-refractivity contribution < 1.29 is 0 Å². The first-order chi connectivity index (χ1) is 9.42. The Labute approximate surface area is 112 Å². The van der Waals surface area contributed by atoms with Crippen molar-refractivity contribution in [3.63, 3.8) is 0 Å². The van der Waals surface area contributed by atoms with Crippen molar-refractivity contribution in [3.05, 3.63) is 65.5 Å². The van der Waals surface area contributed by atoms with Gasteiger partial charge in [0.05, 0.1) is 11.0 Å². The Balaban J connectivity index is 1.85. The molecule has 19 heavy (non-hydrogen) atoms. The fourth-order valence-electron chi connectivity index (χ4n) is 3.18. The van der Waals surface area contributed by atoms with Gasteiger partial charge in [0.15, 0.2) is 0 Å². The number of para-hydroxylation sites is 2. The van der Waals surface area contributed by atoms with Crippen molar-refractivity contribution in [2.24, 2.45) is 0 Å². The zero-order valence-electron chi connectivity index (χ0n) is 10.8. The quantitative estimate of drug-likeness (QED) is 0.692. The van der Waals surface area contributed by atoms with Crippen LogP contribution in [-0.2, 0) is 6.42 Å². The largest absolute Gasteiger partial charge is 0.341 e. The molecule has 0 amide bonds. The van der Waals surface area contributed by atoms with Gasteiger partial charge in [-0.25, -0.2) is 4.98 Å². The van der Waals surface area contributed by atoms with E-state index < -0.39 is 0 Å². The maximum Gasteiger partial charge on any atom is 0.114 e. The molecule has 1 unspecified atom stereocenters. The zero-order chi connectivity index (χ0) is 12.7. The van der Waals surface area contributed by atoms with Gasteiger partial charge in [-0.1, -0.05) is 36.4 Å². The van der Waals surface area contributed by atoms with E-state index in [1.807, 2.05) is 6.07 Å². The summed E-state index contributed by atoms with van der Waals surface area (Å²) in [4.78, 5) is 8.27. The monoisotopic (exact) mass is 248 g/mol. The first-order valence-corrected chi connectivity index (χ1v) is 6.94. The van der Waals surface area contributed by atoms with E-state index in [2.05, 4.69) is 47.4 Å². The topological polar surface area (TPSA) is 28.7 Å². The van der Waals surface area contributed by atoms with Crippen LogP contribution < -0.4 is 0 Å². The molecule has 0 bridgehead atoms. The lowest BCUT2D eigenvalue weighted by molar-refractivity contribution is 0.596. The zero-order valence-corrected chi connectivity index (χ0v) is 10.8. The third-order valence-electron chi connectivity index (χ3n) is 4.11. The molecule has 0 saturated carbocycles. The molecule has 1 aliphatic carbocycles. The first-order valence-electron chi connectivity index (χ1n) is 6.94. The van der Waals surface area contributed by atoms with Gasteiger partial charge >= 0.3 is 0 Å². The average Bonchev–Trinajstić information content (AvgIpc) is 2.90. The molecule has 2 nitrogen and oxygen atoms in total. The van der Waals surface area contributed by atoms with Crippen LogP contribution in [0.1, 0.15) is 35.7 Å². The molecule has 2 heteroatoms. The van der Waals surface area contributed by atoms with Gasteiger partial charge in [-0.15, -0.1) is 0 Å². The van der Waals surface area contributed by atoms with Crippen LogP contribution in [0.5, 0.6) is 0 Å². The Morgan fingerprint density at radius 3 is 2.79 bits per heavy atom. The molecule has 3 aromatic rings. The number of fused-ring (bicyclic) bond motifs is 2. The summed E-state index contributed by atoms with van der Waals surface area (Å²) >= 11 is 0. The third kappa shape index (κ3) is 1.75. The van der Waals surface area contributed by atoms with Gasteiger partial charge in [-0.2, -0.15) is 0 Å².